The summed E-state index contributed by atoms with van der Waals surface area (Å²) in [6.07, 6.45) is 0. The molecule has 2 aromatic rings. The molecule has 2 rings (SSSR count). The van der Waals surface area contributed by atoms with E-state index in [-0.39, 0.29) is 5.69 Å². The highest BCUT2D eigenvalue weighted by molar-refractivity contribution is 5.43. The Balaban J connectivity index is 1.90. The lowest BCUT2D eigenvalue weighted by Crippen LogP contribution is -2.10. The molecule has 0 saturated carbocycles. The first-order valence-electron chi connectivity index (χ1n) is 6.64. The summed E-state index contributed by atoms with van der Waals surface area (Å²) < 4.78 is 11.2. The van der Waals surface area contributed by atoms with Crippen LogP contribution in [-0.2, 0) is 0 Å². The molecule has 110 valence electrons. The average molecular weight is 287 g/mol. The Bertz CT molecular complexity index is 640. The molecule has 0 aromatic heterocycles. The Morgan fingerprint density at radius 1 is 0.952 bits per heavy atom. The maximum Gasteiger partial charge on any atom is 0.273 e. The first kappa shape index (κ1) is 14.8. The van der Waals surface area contributed by atoms with Gasteiger partial charge in [-0.25, -0.2) is 0 Å². The Hall–Kier alpha value is -2.56. The van der Waals surface area contributed by atoms with E-state index in [1.807, 2.05) is 38.1 Å². The van der Waals surface area contributed by atoms with Crippen LogP contribution in [0, 0.1) is 24.0 Å². The summed E-state index contributed by atoms with van der Waals surface area (Å²) in [7, 11) is 0. The van der Waals surface area contributed by atoms with E-state index < -0.39 is 4.92 Å². The van der Waals surface area contributed by atoms with Crippen molar-refractivity contribution in [1.29, 1.82) is 0 Å². The Morgan fingerprint density at radius 2 is 1.57 bits per heavy atom. The maximum atomic E-state index is 10.7. The molecule has 0 bridgehead atoms. The number of nitro benzene ring substituents is 1. The van der Waals surface area contributed by atoms with Crippen molar-refractivity contribution >= 4 is 5.69 Å². The molecular weight excluding hydrogens is 270 g/mol. The van der Waals surface area contributed by atoms with E-state index in [0.717, 1.165) is 16.9 Å². The number of aryl methyl sites for hydroxylation is 2. The maximum absolute atomic E-state index is 10.7. The molecule has 5 heteroatoms. The second-order valence-electron chi connectivity index (χ2n) is 4.67. The molecule has 0 spiro atoms. The summed E-state index contributed by atoms with van der Waals surface area (Å²) >= 11 is 0. The van der Waals surface area contributed by atoms with Gasteiger partial charge in [0.1, 0.15) is 24.7 Å². The number of nitro groups is 1. The third kappa shape index (κ3) is 3.95. The van der Waals surface area contributed by atoms with Gasteiger partial charge in [-0.3, -0.25) is 10.1 Å². The van der Waals surface area contributed by atoms with Gasteiger partial charge < -0.3 is 9.47 Å². The van der Waals surface area contributed by atoms with Crippen molar-refractivity contribution in [3.8, 4) is 11.5 Å². The SMILES string of the molecule is Cc1ccccc1OCCOc1cc([N+](=O)[O-])ccc1C. The van der Waals surface area contributed by atoms with Gasteiger partial charge in [0, 0.05) is 6.07 Å². The summed E-state index contributed by atoms with van der Waals surface area (Å²) in [4.78, 5) is 10.3. The summed E-state index contributed by atoms with van der Waals surface area (Å²) in [6.45, 7) is 4.53. The topological polar surface area (TPSA) is 61.6 Å². The van der Waals surface area contributed by atoms with Crippen LogP contribution in [-0.4, -0.2) is 18.1 Å². The van der Waals surface area contributed by atoms with E-state index in [1.165, 1.54) is 12.1 Å². The van der Waals surface area contributed by atoms with Gasteiger partial charge in [0.2, 0.25) is 0 Å². The molecule has 21 heavy (non-hydrogen) atoms. The molecule has 0 atom stereocenters. The van der Waals surface area contributed by atoms with Gasteiger partial charge in [0.05, 0.1) is 11.0 Å². The lowest BCUT2D eigenvalue weighted by Gasteiger charge is -2.11. The van der Waals surface area contributed by atoms with E-state index in [4.69, 9.17) is 9.47 Å². The predicted molar refractivity (Wildman–Crippen MR) is 80.0 cm³/mol. The van der Waals surface area contributed by atoms with Gasteiger partial charge in [-0.2, -0.15) is 0 Å². The molecule has 0 unspecified atom stereocenters. The minimum Gasteiger partial charge on any atom is -0.490 e. The smallest absolute Gasteiger partial charge is 0.273 e. The lowest BCUT2D eigenvalue weighted by molar-refractivity contribution is -0.384. The number of hydrogen-bond acceptors (Lipinski definition) is 4. The number of ether oxygens (including phenoxy) is 2. The second kappa shape index (κ2) is 6.74. The van der Waals surface area contributed by atoms with Crippen LogP contribution in [0.1, 0.15) is 11.1 Å². The fraction of sp³-hybridized carbons (Fsp3) is 0.250. The van der Waals surface area contributed by atoms with Crippen molar-refractivity contribution in [3.05, 3.63) is 63.7 Å². The normalized spacial score (nSPS) is 10.2. The predicted octanol–water partition coefficient (Wildman–Crippen LogP) is 3.67. The van der Waals surface area contributed by atoms with Crippen LogP contribution in [0.2, 0.25) is 0 Å². The molecule has 0 saturated heterocycles. The third-order valence-corrected chi connectivity index (χ3v) is 3.07. The molecule has 5 nitrogen and oxygen atoms in total. The third-order valence-electron chi connectivity index (χ3n) is 3.07. The van der Waals surface area contributed by atoms with Crippen molar-refractivity contribution < 1.29 is 14.4 Å². The molecule has 0 aliphatic heterocycles. The molecular formula is C16H17NO4. The van der Waals surface area contributed by atoms with E-state index in [9.17, 15) is 10.1 Å². The van der Waals surface area contributed by atoms with Crippen molar-refractivity contribution in [2.45, 2.75) is 13.8 Å². The highest BCUT2D eigenvalue weighted by Crippen LogP contribution is 2.24. The minimum atomic E-state index is -0.434. The molecule has 0 aliphatic carbocycles. The van der Waals surface area contributed by atoms with Crippen molar-refractivity contribution in [2.75, 3.05) is 13.2 Å². The van der Waals surface area contributed by atoms with Crippen LogP contribution in [0.15, 0.2) is 42.5 Å². The Labute approximate surface area is 123 Å². The summed E-state index contributed by atoms with van der Waals surface area (Å²) in [6, 6.07) is 12.3. The molecule has 0 fully saturated rings. The van der Waals surface area contributed by atoms with Gasteiger partial charge in [0.15, 0.2) is 0 Å². The van der Waals surface area contributed by atoms with Crippen LogP contribution in [0.25, 0.3) is 0 Å². The molecule has 0 radical (unpaired) electrons. The van der Waals surface area contributed by atoms with Gasteiger partial charge in [-0.05, 0) is 37.1 Å². The monoisotopic (exact) mass is 287 g/mol. The van der Waals surface area contributed by atoms with Gasteiger partial charge in [-0.1, -0.05) is 18.2 Å². The minimum absolute atomic E-state index is 0.0235. The fourth-order valence-corrected chi connectivity index (χ4v) is 1.88. The lowest BCUT2D eigenvalue weighted by atomic mass is 10.2. The molecule has 0 N–H and O–H groups in total. The molecule has 0 aliphatic rings. The van der Waals surface area contributed by atoms with Crippen molar-refractivity contribution in [1.82, 2.24) is 0 Å². The number of rotatable bonds is 6. The van der Waals surface area contributed by atoms with Gasteiger partial charge in [-0.15, -0.1) is 0 Å². The van der Waals surface area contributed by atoms with Gasteiger partial charge in [0.25, 0.3) is 5.69 Å². The van der Waals surface area contributed by atoms with E-state index in [1.54, 1.807) is 6.07 Å². The van der Waals surface area contributed by atoms with Crippen LogP contribution in [0.3, 0.4) is 0 Å². The van der Waals surface area contributed by atoms with Crippen molar-refractivity contribution in [2.24, 2.45) is 0 Å². The first-order chi connectivity index (χ1) is 10.1. The van der Waals surface area contributed by atoms with Crippen LogP contribution >= 0.6 is 0 Å². The summed E-state index contributed by atoms with van der Waals surface area (Å²) in [5, 5.41) is 10.7. The molecule has 0 heterocycles. The van der Waals surface area contributed by atoms with Crippen LogP contribution < -0.4 is 9.47 Å². The second-order valence-corrected chi connectivity index (χ2v) is 4.67. The van der Waals surface area contributed by atoms with Crippen molar-refractivity contribution in [3.63, 3.8) is 0 Å². The number of hydrogen-bond donors (Lipinski definition) is 0. The number of benzene rings is 2. The van der Waals surface area contributed by atoms with Crippen LogP contribution in [0.5, 0.6) is 11.5 Å². The zero-order valence-electron chi connectivity index (χ0n) is 12.0. The van der Waals surface area contributed by atoms with Gasteiger partial charge >= 0.3 is 0 Å². The molecule has 0 amide bonds. The fourth-order valence-electron chi connectivity index (χ4n) is 1.88. The van der Waals surface area contributed by atoms with E-state index in [0.29, 0.717) is 19.0 Å². The number of para-hydroxylation sites is 1. The van der Waals surface area contributed by atoms with E-state index >= 15 is 0 Å². The average Bonchev–Trinajstić information content (AvgIpc) is 2.46. The Kier molecular flexibility index (Phi) is 4.77. The quantitative estimate of drug-likeness (QED) is 0.462. The molecule has 2 aromatic carbocycles. The highest BCUT2D eigenvalue weighted by Gasteiger charge is 2.09. The zero-order valence-corrected chi connectivity index (χ0v) is 12.0. The van der Waals surface area contributed by atoms with Crippen LogP contribution in [0.4, 0.5) is 5.69 Å². The highest BCUT2D eigenvalue weighted by atomic mass is 16.6. The largest absolute Gasteiger partial charge is 0.490 e. The summed E-state index contributed by atoms with van der Waals surface area (Å²) in [5.74, 6) is 1.33. The van der Waals surface area contributed by atoms with E-state index in [2.05, 4.69) is 0 Å². The Morgan fingerprint density at radius 3 is 2.24 bits per heavy atom. The number of nitrogens with zero attached hydrogens (tertiary/aromatic N) is 1. The first-order valence-corrected chi connectivity index (χ1v) is 6.64. The standard InChI is InChI=1S/C16H17NO4/c1-12-5-3-4-6-15(12)20-9-10-21-16-11-14(17(18)19)8-7-13(16)2/h3-8,11H,9-10H2,1-2H3. The summed E-state index contributed by atoms with van der Waals surface area (Å²) in [5.41, 5.74) is 1.94. The number of non-ortho nitro benzene ring substituents is 1. The zero-order chi connectivity index (χ0) is 15.2.